The third-order valence-corrected chi connectivity index (χ3v) is 3.46. The standard InChI is InChI=1S/C15H17N3O/c1-11-7-8-18(17-11)10-15(19)16-14-6-5-12-3-2-4-13(12)9-14/h5-9H,2-4,10H2,1H3,(H,16,19). The van der Waals surface area contributed by atoms with E-state index in [1.54, 1.807) is 4.68 Å². The Labute approximate surface area is 112 Å². The van der Waals surface area contributed by atoms with E-state index in [4.69, 9.17) is 0 Å². The number of hydrogen-bond donors (Lipinski definition) is 1. The van der Waals surface area contributed by atoms with Crippen molar-refractivity contribution in [2.75, 3.05) is 5.32 Å². The van der Waals surface area contributed by atoms with Gasteiger partial charge in [-0.25, -0.2) is 0 Å². The minimum absolute atomic E-state index is 0.0407. The zero-order chi connectivity index (χ0) is 13.2. The van der Waals surface area contributed by atoms with Crippen LogP contribution in [0.15, 0.2) is 30.5 Å². The number of aromatic nitrogens is 2. The van der Waals surface area contributed by atoms with Gasteiger partial charge in [0.05, 0.1) is 5.69 Å². The second-order valence-electron chi connectivity index (χ2n) is 5.04. The smallest absolute Gasteiger partial charge is 0.246 e. The molecule has 0 atom stereocenters. The molecule has 4 heteroatoms. The van der Waals surface area contributed by atoms with Crippen molar-refractivity contribution in [1.29, 1.82) is 0 Å². The van der Waals surface area contributed by atoms with Crippen LogP contribution in [0.3, 0.4) is 0 Å². The van der Waals surface area contributed by atoms with Crippen molar-refractivity contribution < 1.29 is 4.79 Å². The number of benzene rings is 1. The van der Waals surface area contributed by atoms with E-state index in [-0.39, 0.29) is 12.5 Å². The van der Waals surface area contributed by atoms with Gasteiger partial charge in [0.1, 0.15) is 6.54 Å². The highest BCUT2D eigenvalue weighted by molar-refractivity contribution is 5.90. The van der Waals surface area contributed by atoms with E-state index >= 15 is 0 Å². The molecule has 1 heterocycles. The summed E-state index contributed by atoms with van der Waals surface area (Å²) in [5, 5.41) is 7.14. The number of amides is 1. The molecule has 0 fully saturated rings. The Bertz CT molecular complexity index is 616. The van der Waals surface area contributed by atoms with Gasteiger partial charge in [-0.15, -0.1) is 0 Å². The van der Waals surface area contributed by atoms with Crippen molar-refractivity contribution in [3.63, 3.8) is 0 Å². The Morgan fingerprint density at radius 2 is 2.16 bits per heavy atom. The van der Waals surface area contributed by atoms with Gasteiger partial charge in [0.25, 0.3) is 0 Å². The number of nitrogens with zero attached hydrogens (tertiary/aromatic N) is 2. The molecule has 1 aromatic carbocycles. The first-order valence-electron chi connectivity index (χ1n) is 6.62. The summed E-state index contributed by atoms with van der Waals surface area (Å²) >= 11 is 0. The minimum Gasteiger partial charge on any atom is -0.324 e. The Morgan fingerprint density at radius 3 is 2.95 bits per heavy atom. The van der Waals surface area contributed by atoms with Gasteiger partial charge in [0, 0.05) is 11.9 Å². The fourth-order valence-corrected chi connectivity index (χ4v) is 2.55. The largest absolute Gasteiger partial charge is 0.324 e. The quantitative estimate of drug-likeness (QED) is 0.915. The van der Waals surface area contributed by atoms with Gasteiger partial charge in [-0.05, 0) is 55.5 Å². The van der Waals surface area contributed by atoms with Crippen LogP contribution in [-0.4, -0.2) is 15.7 Å². The van der Waals surface area contributed by atoms with E-state index < -0.39 is 0 Å². The molecule has 0 spiro atoms. The first-order chi connectivity index (χ1) is 9.20. The van der Waals surface area contributed by atoms with Crippen molar-refractivity contribution in [3.05, 3.63) is 47.3 Å². The van der Waals surface area contributed by atoms with Crippen LogP contribution in [0.1, 0.15) is 23.2 Å². The molecule has 3 rings (SSSR count). The number of carbonyl (C=O) groups is 1. The minimum atomic E-state index is -0.0407. The molecular weight excluding hydrogens is 238 g/mol. The molecule has 19 heavy (non-hydrogen) atoms. The first kappa shape index (κ1) is 12.0. The predicted octanol–water partition coefficient (Wildman–Crippen LogP) is 2.32. The maximum Gasteiger partial charge on any atom is 0.246 e. The van der Waals surface area contributed by atoms with Crippen LogP contribution in [0.5, 0.6) is 0 Å². The van der Waals surface area contributed by atoms with Crippen molar-refractivity contribution in [2.24, 2.45) is 0 Å². The predicted molar refractivity (Wildman–Crippen MR) is 74.1 cm³/mol. The third kappa shape index (κ3) is 2.67. The van der Waals surface area contributed by atoms with Gasteiger partial charge in [0.2, 0.25) is 5.91 Å². The molecule has 1 N–H and O–H groups in total. The molecule has 1 aromatic heterocycles. The number of fused-ring (bicyclic) bond motifs is 1. The summed E-state index contributed by atoms with van der Waals surface area (Å²) < 4.78 is 1.65. The lowest BCUT2D eigenvalue weighted by Crippen LogP contribution is -2.19. The number of nitrogens with one attached hydrogen (secondary N) is 1. The molecule has 0 radical (unpaired) electrons. The second-order valence-corrected chi connectivity index (χ2v) is 5.04. The zero-order valence-corrected chi connectivity index (χ0v) is 11.0. The summed E-state index contributed by atoms with van der Waals surface area (Å²) in [6.45, 7) is 2.17. The highest BCUT2D eigenvalue weighted by Gasteiger charge is 2.12. The number of hydrogen-bond acceptors (Lipinski definition) is 2. The van der Waals surface area contributed by atoms with Crippen LogP contribution in [0, 0.1) is 6.92 Å². The van der Waals surface area contributed by atoms with Crippen LogP contribution in [0.25, 0.3) is 0 Å². The Morgan fingerprint density at radius 1 is 1.32 bits per heavy atom. The van der Waals surface area contributed by atoms with Crippen LogP contribution >= 0.6 is 0 Å². The fraction of sp³-hybridized carbons (Fsp3) is 0.333. The van der Waals surface area contributed by atoms with Crippen molar-refractivity contribution in [1.82, 2.24) is 9.78 Å². The molecule has 0 saturated heterocycles. The highest BCUT2D eigenvalue weighted by Crippen LogP contribution is 2.24. The van der Waals surface area contributed by atoms with Crippen LogP contribution in [-0.2, 0) is 24.2 Å². The molecule has 1 aliphatic rings. The lowest BCUT2D eigenvalue weighted by atomic mass is 10.1. The monoisotopic (exact) mass is 255 g/mol. The van der Waals surface area contributed by atoms with Gasteiger partial charge in [-0.1, -0.05) is 6.07 Å². The van der Waals surface area contributed by atoms with E-state index in [2.05, 4.69) is 22.5 Å². The van der Waals surface area contributed by atoms with E-state index in [0.717, 1.165) is 24.2 Å². The third-order valence-electron chi connectivity index (χ3n) is 3.46. The van der Waals surface area contributed by atoms with Crippen LogP contribution in [0.2, 0.25) is 0 Å². The summed E-state index contributed by atoms with van der Waals surface area (Å²) in [6.07, 6.45) is 5.32. The van der Waals surface area contributed by atoms with Gasteiger partial charge in [-0.2, -0.15) is 5.10 Å². The SMILES string of the molecule is Cc1ccn(CC(=O)Nc2ccc3c(c2)CCC3)n1. The zero-order valence-electron chi connectivity index (χ0n) is 11.0. The van der Waals surface area contributed by atoms with Gasteiger partial charge >= 0.3 is 0 Å². The molecule has 1 amide bonds. The van der Waals surface area contributed by atoms with Crippen LogP contribution < -0.4 is 5.32 Å². The molecule has 0 unspecified atom stereocenters. The lowest BCUT2D eigenvalue weighted by Gasteiger charge is -2.07. The average molecular weight is 255 g/mol. The molecule has 0 saturated carbocycles. The van der Waals surface area contributed by atoms with Crippen molar-refractivity contribution in [3.8, 4) is 0 Å². The van der Waals surface area contributed by atoms with E-state index in [9.17, 15) is 4.79 Å². The maximum atomic E-state index is 11.9. The normalized spacial score (nSPS) is 13.3. The summed E-state index contributed by atoms with van der Waals surface area (Å²) in [5.41, 5.74) is 4.59. The molecule has 1 aliphatic carbocycles. The maximum absolute atomic E-state index is 11.9. The Hall–Kier alpha value is -2.10. The summed E-state index contributed by atoms with van der Waals surface area (Å²) in [7, 11) is 0. The summed E-state index contributed by atoms with van der Waals surface area (Å²) in [4.78, 5) is 11.9. The summed E-state index contributed by atoms with van der Waals surface area (Å²) in [6, 6.07) is 8.09. The van der Waals surface area contributed by atoms with E-state index in [0.29, 0.717) is 0 Å². The molecule has 0 aliphatic heterocycles. The molecule has 2 aromatic rings. The van der Waals surface area contributed by atoms with E-state index in [1.165, 1.54) is 17.5 Å². The van der Waals surface area contributed by atoms with Gasteiger partial charge in [0.15, 0.2) is 0 Å². The average Bonchev–Trinajstić information content (AvgIpc) is 2.97. The highest BCUT2D eigenvalue weighted by atomic mass is 16.2. The van der Waals surface area contributed by atoms with E-state index in [1.807, 2.05) is 25.3 Å². The topological polar surface area (TPSA) is 46.9 Å². The lowest BCUT2D eigenvalue weighted by molar-refractivity contribution is -0.116. The van der Waals surface area contributed by atoms with Crippen molar-refractivity contribution in [2.45, 2.75) is 32.7 Å². The number of aryl methyl sites for hydroxylation is 3. The van der Waals surface area contributed by atoms with Gasteiger partial charge < -0.3 is 5.32 Å². The molecular formula is C15H17N3O. The number of anilines is 1. The van der Waals surface area contributed by atoms with Gasteiger partial charge in [-0.3, -0.25) is 9.48 Å². The van der Waals surface area contributed by atoms with Crippen LogP contribution in [0.4, 0.5) is 5.69 Å². The summed E-state index contributed by atoms with van der Waals surface area (Å²) in [5.74, 6) is -0.0407. The first-order valence-corrected chi connectivity index (χ1v) is 6.62. The second kappa shape index (κ2) is 4.88. The number of carbonyl (C=O) groups excluding carboxylic acids is 1. The fourth-order valence-electron chi connectivity index (χ4n) is 2.55. The number of rotatable bonds is 3. The Balaban J connectivity index is 1.66. The molecule has 98 valence electrons. The van der Waals surface area contributed by atoms with Crippen molar-refractivity contribution >= 4 is 11.6 Å². The molecule has 0 bridgehead atoms. The Kier molecular flexibility index (Phi) is 3.07. The molecule has 4 nitrogen and oxygen atoms in total.